The summed E-state index contributed by atoms with van der Waals surface area (Å²) in [5.41, 5.74) is 0.855. The summed E-state index contributed by atoms with van der Waals surface area (Å²) < 4.78 is 11.1. The van der Waals surface area contributed by atoms with Gasteiger partial charge in [0.25, 0.3) is 0 Å². The van der Waals surface area contributed by atoms with Crippen molar-refractivity contribution in [3.05, 3.63) is 23.8 Å². The van der Waals surface area contributed by atoms with Crippen LogP contribution >= 0.6 is 0 Å². The lowest BCUT2D eigenvalue weighted by atomic mass is 9.86. The lowest BCUT2D eigenvalue weighted by Crippen LogP contribution is -2.42. The van der Waals surface area contributed by atoms with Gasteiger partial charge in [-0.05, 0) is 42.9 Å². The van der Waals surface area contributed by atoms with Gasteiger partial charge in [0, 0.05) is 44.1 Å². The average molecular weight is 417 g/mol. The number of carbonyl (C=O) groups is 2. The molecule has 2 saturated heterocycles. The van der Waals surface area contributed by atoms with Crippen molar-refractivity contribution in [2.24, 2.45) is 11.3 Å². The number of hydrogen-bond donors (Lipinski definition) is 0. The van der Waals surface area contributed by atoms with Crippen LogP contribution in [-0.2, 0) is 9.59 Å². The van der Waals surface area contributed by atoms with Crippen molar-refractivity contribution in [2.45, 2.75) is 52.4 Å². The number of methoxy groups -OCH3 is 2. The molecule has 1 aromatic rings. The van der Waals surface area contributed by atoms with Gasteiger partial charge in [0.2, 0.25) is 11.8 Å². The summed E-state index contributed by atoms with van der Waals surface area (Å²) in [6, 6.07) is 5.70. The Balaban J connectivity index is 1.92. The first-order valence-electron chi connectivity index (χ1n) is 11.0. The van der Waals surface area contributed by atoms with Crippen LogP contribution in [0.1, 0.15) is 57.9 Å². The first-order chi connectivity index (χ1) is 14.2. The molecular formula is C24H36N2O4. The van der Waals surface area contributed by atoms with E-state index in [2.05, 4.69) is 20.8 Å². The third-order valence-electron chi connectivity index (χ3n) is 6.18. The molecule has 2 amide bonds. The Bertz CT molecular complexity index is 765. The van der Waals surface area contributed by atoms with Crippen molar-refractivity contribution >= 4 is 11.8 Å². The van der Waals surface area contributed by atoms with Crippen molar-refractivity contribution in [3.63, 3.8) is 0 Å². The molecule has 2 heterocycles. The Hall–Kier alpha value is -2.24. The van der Waals surface area contributed by atoms with Gasteiger partial charge < -0.3 is 19.3 Å². The summed E-state index contributed by atoms with van der Waals surface area (Å²) in [6.45, 7) is 8.83. The van der Waals surface area contributed by atoms with Gasteiger partial charge >= 0.3 is 0 Å². The molecule has 0 radical (unpaired) electrons. The number of amides is 2. The van der Waals surface area contributed by atoms with Crippen LogP contribution in [0.15, 0.2) is 18.2 Å². The number of hydrogen-bond acceptors (Lipinski definition) is 4. The lowest BCUT2D eigenvalue weighted by Gasteiger charge is -2.31. The maximum Gasteiger partial charge on any atom is 0.228 e. The normalized spacial score (nSPS) is 22.2. The summed E-state index contributed by atoms with van der Waals surface area (Å²) in [5, 5.41) is 0. The molecule has 2 atom stereocenters. The Morgan fingerprint density at radius 1 is 1.00 bits per heavy atom. The summed E-state index contributed by atoms with van der Waals surface area (Å²) in [7, 11) is 3.28. The lowest BCUT2D eigenvalue weighted by molar-refractivity contribution is -0.137. The molecule has 3 rings (SSSR count). The molecule has 2 aliphatic heterocycles. The highest BCUT2D eigenvalue weighted by molar-refractivity contribution is 5.84. The van der Waals surface area contributed by atoms with Crippen molar-refractivity contribution in [3.8, 4) is 11.5 Å². The molecule has 0 saturated carbocycles. The average Bonchev–Trinajstić information content (AvgIpc) is 3.17. The second kappa shape index (κ2) is 9.27. The summed E-state index contributed by atoms with van der Waals surface area (Å²) in [4.78, 5) is 30.4. The molecular weight excluding hydrogens is 380 g/mol. The first kappa shape index (κ1) is 22.4. The van der Waals surface area contributed by atoms with E-state index in [1.807, 2.05) is 28.0 Å². The van der Waals surface area contributed by atoms with Gasteiger partial charge in [-0.15, -0.1) is 0 Å². The zero-order chi connectivity index (χ0) is 21.9. The van der Waals surface area contributed by atoms with E-state index < -0.39 is 0 Å². The van der Waals surface area contributed by atoms with Crippen LogP contribution in [0.4, 0.5) is 0 Å². The maximum absolute atomic E-state index is 13.5. The predicted molar refractivity (Wildman–Crippen MR) is 117 cm³/mol. The van der Waals surface area contributed by atoms with Crippen LogP contribution in [-0.4, -0.2) is 62.0 Å². The molecule has 2 aliphatic rings. The molecule has 0 N–H and O–H groups in total. The molecule has 0 aromatic heterocycles. The smallest absolute Gasteiger partial charge is 0.228 e. The fraction of sp³-hybridized carbons (Fsp3) is 0.667. The van der Waals surface area contributed by atoms with Crippen LogP contribution in [0, 0.1) is 11.3 Å². The SMILES string of the molecule is COc1ccc(OC)c(C2CN(C(=O)CC(C)(C)C)CC2C(=O)N2CCCCC2)c1. The van der Waals surface area contributed by atoms with Crippen LogP contribution < -0.4 is 9.47 Å². The molecule has 0 bridgehead atoms. The number of rotatable bonds is 5. The van der Waals surface area contributed by atoms with Gasteiger partial charge in [-0.1, -0.05) is 20.8 Å². The number of likely N-dealkylation sites (tertiary alicyclic amines) is 2. The van der Waals surface area contributed by atoms with Gasteiger partial charge in [0.05, 0.1) is 20.1 Å². The number of carbonyl (C=O) groups excluding carboxylic acids is 2. The van der Waals surface area contributed by atoms with Crippen molar-refractivity contribution in [1.82, 2.24) is 9.80 Å². The summed E-state index contributed by atoms with van der Waals surface area (Å²) in [5.74, 6) is 1.39. The van der Waals surface area contributed by atoms with E-state index in [1.165, 1.54) is 6.42 Å². The standard InChI is InChI=1S/C24H36N2O4/c1-24(2,3)14-22(27)26-15-19(18-13-17(29-4)9-10-21(18)30-5)20(16-26)23(28)25-11-7-6-8-12-25/h9-10,13,19-20H,6-8,11-12,14-16H2,1-5H3. The van der Waals surface area contributed by atoms with Crippen LogP contribution in [0.2, 0.25) is 0 Å². The van der Waals surface area contributed by atoms with Gasteiger partial charge in [-0.2, -0.15) is 0 Å². The van der Waals surface area contributed by atoms with Gasteiger partial charge in [0.1, 0.15) is 11.5 Å². The molecule has 166 valence electrons. The molecule has 1 aromatic carbocycles. The van der Waals surface area contributed by atoms with E-state index in [0.717, 1.165) is 43.0 Å². The second-order valence-electron chi connectivity index (χ2n) is 9.74. The summed E-state index contributed by atoms with van der Waals surface area (Å²) >= 11 is 0. The van der Waals surface area contributed by atoms with Crippen LogP contribution in [0.5, 0.6) is 11.5 Å². The number of piperidine rings is 1. The largest absolute Gasteiger partial charge is 0.497 e. The first-order valence-corrected chi connectivity index (χ1v) is 11.0. The number of benzene rings is 1. The van der Waals surface area contributed by atoms with Gasteiger partial charge in [-0.25, -0.2) is 0 Å². The van der Waals surface area contributed by atoms with Crippen molar-refractivity contribution < 1.29 is 19.1 Å². The predicted octanol–water partition coefficient (Wildman–Crippen LogP) is 3.69. The highest BCUT2D eigenvalue weighted by Crippen LogP contribution is 2.41. The fourth-order valence-electron chi connectivity index (χ4n) is 4.62. The Morgan fingerprint density at radius 2 is 1.70 bits per heavy atom. The summed E-state index contributed by atoms with van der Waals surface area (Å²) in [6.07, 6.45) is 3.76. The highest BCUT2D eigenvalue weighted by Gasteiger charge is 2.43. The minimum atomic E-state index is -0.256. The quantitative estimate of drug-likeness (QED) is 0.734. The Morgan fingerprint density at radius 3 is 2.30 bits per heavy atom. The van der Waals surface area contributed by atoms with Crippen molar-refractivity contribution in [2.75, 3.05) is 40.4 Å². The van der Waals surface area contributed by atoms with E-state index in [-0.39, 0.29) is 29.1 Å². The molecule has 30 heavy (non-hydrogen) atoms. The van der Waals surface area contributed by atoms with E-state index in [1.54, 1.807) is 14.2 Å². The molecule has 0 spiro atoms. The Kier molecular flexibility index (Phi) is 6.94. The fourth-order valence-corrected chi connectivity index (χ4v) is 4.62. The molecule has 0 aliphatic carbocycles. The molecule has 6 heteroatoms. The van der Waals surface area contributed by atoms with Crippen molar-refractivity contribution in [1.29, 1.82) is 0 Å². The van der Waals surface area contributed by atoms with Gasteiger partial charge in [0.15, 0.2) is 0 Å². The second-order valence-corrected chi connectivity index (χ2v) is 9.74. The Labute approximate surface area is 180 Å². The third-order valence-corrected chi connectivity index (χ3v) is 6.18. The maximum atomic E-state index is 13.5. The number of nitrogens with zero attached hydrogens (tertiary/aromatic N) is 2. The van der Waals surface area contributed by atoms with Gasteiger partial charge in [-0.3, -0.25) is 9.59 Å². The van der Waals surface area contributed by atoms with E-state index >= 15 is 0 Å². The van der Waals surface area contributed by atoms with Crippen LogP contribution in [0.25, 0.3) is 0 Å². The zero-order valence-electron chi connectivity index (χ0n) is 19.1. The topological polar surface area (TPSA) is 59.1 Å². The minimum Gasteiger partial charge on any atom is -0.497 e. The molecule has 2 unspecified atom stereocenters. The monoisotopic (exact) mass is 416 g/mol. The molecule has 2 fully saturated rings. The van der Waals surface area contributed by atoms with E-state index in [9.17, 15) is 9.59 Å². The third kappa shape index (κ3) is 5.08. The highest BCUT2D eigenvalue weighted by atomic mass is 16.5. The number of ether oxygens (including phenoxy) is 2. The zero-order valence-corrected chi connectivity index (χ0v) is 19.1. The van der Waals surface area contributed by atoms with Crippen LogP contribution in [0.3, 0.4) is 0 Å². The molecule has 6 nitrogen and oxygen atoms in total. The van der Waals surface area contributed by atoms with E-state index in [4.69, 9.17) is 9.47 Å². The van der Waals surface area contributed by atoms with E-state index in [0.29, 0.717) is 19.5 Å². The minimum absolute atomic E-state index is 0.0881.